The van der Waals surface area contributed by atoms with Crippen LogP contribution in [0, 0.1) is 10.1 Å². The molecule has 2 heterocycles. The van der Waals surface area contributed by atoms with Crippen LogP contribution in [0.2, 0.25) is 5.02 Å². The van der Waals surface area contributed by atoms with Crippen molar-refractivity contribution >= 4 is 62.2 Å². The van der Waals surface area contributed by atoms with Crippen molar-refractivity contribution in [2.24, 2.45) is 0 Å². The third kappa shape index (κ3) is 4.24. The van der Waals surface area contributed by atoms with E-state index in [9.17, 15) is 19.7 Å². The second kappa shape index (κ2) is 8.55. The second-order valence-electron chi connectivity index (χ2n) is 5.49. The summed E-state index contributed by atoms with van der Waals surface area (Å²) in [6, 6.07) is 5.69. The van der Waals surface area contributed by atoms with Crippen LogP contribution in [0.5, 0.6) is 0 Å². The summed E-state index contributed by atoms with van der Waals surface area (Å²) >= 11 is 8.17. The topological polar surface area (TPSA) is 107 Å². The zero-order valence-electron chi connectivity index (χ0n) is 14.3. The van der Waals surface area contributed by atoms with Gasteiger partial charge in [0.25, 0.3) is 11.2 Å². The first-order chi connectivity index (χ1) is 13.4. The molecule has 0 aliphatic rings. The van der Waals surface area contributed by atoms with Gasteiger partial charge < -0.3 is 5.32 Å². The van der Waals surface area contributed by atoms with E-state index in [4.69, 9.17) is 11.6 Å². The first kappa shape index (κ1) is 20.1. The molecule has 0 atom stereocenters. The molecule has 1 aromatic carbocycles. The normalized spacial score (nSPS) is 10.8. The van der Waals surface area contributed by atoms with Crippen LogP contribution in [0.4, 0.5) is 11.4 Å². The monoisotopic (exact) mass is 436 g/mol. The molecule has 0 aliphatic carbocycles. The Kier molecular flexibility index (Phi) is 6.12. The highest BCUT2D eigenvalue weighted by Gasteiger charge is 2.18. The predicted octanol–water partition coefficient (Wildman–Crippen LogP) is 3.94. The fraction of sp³-hybridized carbons (Fsp3) is 0.118. The van der Waals surface area contributed by atoms with E-state index < -0.39 is 10.8 Å². The molecule has 28 heavy (non-hydrogen) atoms. The molecule has 0 radical (unpaired) electrons. The molecule has 0 bridgehead atoms. The van der Waals surface area contributed by atoms with Gasteiger partial charge in [-0.3, -0.25) is 24.3 Å². The Morgan fingerprint density at radius 2 is 2.25 bits per heavy atom. The second-order valence-corrected chi connectivity index (χ2v) is 7.77. The summed E-state index contributed by atoms with van der Waals surface area (Å²) in [5.41, 5.74) is -0.458. The summed E-state index contributed by atoms with van der Waals surface area (Å²) in [5, 5.41) is 16.5. The summed E-state index contributed by atoms with van der Waals surface area (Å²) in [6.07, 6.45) is 1.57. The van der Waals surface area contributed by atoms with E-state index in [1.54, 1.807) is 17.5 Å². The molecule has 0 fully saturated rings. The fourth-order valence-corrected chi connectivity index (χ4v) is 4.19. The van der Waals surface area contributed by atoms with Gasteiger partial charge in [-0.1, -0.05) is 29.4 Å². The van der Waals surface area contributed by atoms with Gasteiger partial charge in [-0.05, 0) is 23.6 Å². The van der Waals surface area contributed by atoms with E-state index >= 15 is 0 Å². The first-order valence-electron chi connectivity index (χ1n) is 7.86. The van der Waals surface area contributed by atoms with Gasteiger partial charge in [0.1, 0.15) is 10.5 Å². The molecule has 0 saturated heterocycles. The maximum atomic E-state index is 12.6. The maximum Gasteiger partial charge on any atom is 0.294 e. The van der Waals surface area contributed by atoms with Gasteiger partial charge in [-0.25, -0.2) is 4.98 Å². The average molecular weight is 437 g/mol. The van der Waals surface area contributed by atoms with Crippen LogP contribution in [0.15, 0.2) is 52.3 Å². The molecular formula is C17H13ClN4O4S2. The number of nitrogens with one attached hydrogen (secondary N) is 1. The zero-order chi connectivity index (χ0) is 20.3. The lowest BCUT2D eigenvalue weighted by Crippen LogP contribution is -2.23. The number of thioether (sulfide) groups is 1. The van der Waals surface area contributed by atoms with Gasteiger partial charge in [-0.2, -0.15) is 0 Å². The van der Waals surface area contributed by atoms with E-state index in [2.05, 4.69) is 16.9 Å². The van der Waals surface area contributed by atoms with Crippen LogP contribution in [0.1, 0.15) is 0 Å². The SMILES string of the molecule is C=CCn1c(SCC(=O)Nc2ccc(Cl)cc2[N+](=O)[O-])nc2sccc2c1=O. The highest BCUT2D eigenvalue weighted by atomic mass is 35.5. The Morgan fingerprint density at radius 3 is 2.96 bits per heavy atom. The number of benzene rings is 1. The van der Waals surface area contributed by atoms with Crippen LogP contribution in [-0.4, -0.2) is 26.1 Å². The number of anilines is 1. The Labute approximate surface area is 172 Å². The number of nitro benzene ring substituents is 1. The molecule has 144 valence electrons. The molecule has 1 N–H and O–H groups in total. The van der Waals surface area contributed by atoms with Crippen molar-refractivity contribution in [3.8, 4) is 0 Å². The molecule has 11 heteroatoms. The number of amides is 1. The maximum absolute atomic E-state index is 12.6. The van der Waals surface area contributed by atoms with Crippen molar-refractivity contribution in [2.45, 2.75) is 11.7 Å². The number of halogens is 1. The minimum Gasteiger partial charge on any atom is -0.320 e. The quantitative estimate of drug-likeness (QED) is 0.197. The Hall–Kier alpha value is -2.69. The van der Waals surface area contributed by atoms with Gasteiger partial charge in [0, 0.05) is 17.6 Å². The van der Waals surface area contributed by atoms with Crippen molar-refractivity contribution in [2.75, 3.05) is 11.1 Å². The Balaban J connectivity index is 1.80. The van der Waals surface area contributed by atoms with Crippen molar-refractivity contribution in [3.05, 3.63) is 67.8 Å². The third-order valence-corrected chi connectivity index (χ3v) is 5.64. The van der Waals surface area contributed by atoms with Gasteiger partial charge in [-0.15, -0.1) is 17.9 Å². The van der Waals surface area contributed by atoms with Crippen LogP contribution in [0.3, 0.4) is 0 Å². The highest BCUT2D eigenvalue weighted by molar-refractivity contribution is 7.99. The smallest absolute Gasteiger partial charge is 0.294 e. The number of carbonyl (C=O) groups is 1. The van der Waals surface area contributed by atoms with E-state index in [0.717, 1.165) is 11.8 Å². The molecular weight excluding hydrogens is 424 g/mol. The summed E-state index contributed by atoms with van der Waals surface area (Å²) in [4.78, 5) is 40.4. The van der Waals surface area contributed by atoms with Gasteiger partial charge in [0.15, 0.2) is 5.16 Å². The van der Waals surface area contributed by atoms with Crippen LogP contribution < -0.4 is 10.9 Å². The minimum atomic E-state index is -0.622. The number of aromatic nitrogens is 2. The van der Waals surface area contributed by atoms with E-state index in [1.807, 2.05) is 0 Å². The van der Waals surface area contributed by atoms with Crippen LogP contribution >= 0.6 is 34.7 Å². The van der Waals surface area contributed by atoms with Crippen LogP contribution in [-0.2, 0) is 11.3 Å². The molecule has 3 aromatic rings. The van der Waals surface area contributed by atoms with Gasteiger partial charge in [0.2, 0.25) is 5.91 Å². The lowest BCUT2D eigenvalue weighted by atomic mass is 10.2. The lowest BCUT2D eigenvalue weighted by molar-refractivity contribution is -0.383. The summed E-state index contributed by atoms with van der Waals surface area (Å²) in [7, 11) is 0. The minimum absolute atomic E-state index is 0.0464. The number of allylic oxidation sites excluding steroid dienone is 1. The number of carbonyl (C=O) groups excluding carboxylic acids is 1. The third-order valence-electron chi connectivity index (χ3n) is 3.62. The van der Waals surface area contributed by atoms with Crippen molar-refractivity contribution in [1.29, 1.82) is 0 Å². The fourth-order valence-electron chi connectivity index (χ4n) is 2.41. The Bertz CT molecular complexity index is 1140. The van der Waals surface area contributed by atoms with Crippen molar-refractivity contribution < 1.29 is 9.72 Å². The van der Waals surface area contributed by atoms with E-state index in [1.165, 1.54) is 34.1 Å². The molecule has 0 aliphatic heterocycles. The molecule has 0 saturated carbocycles. The molecule has 8 nitrogen and oxygen atoms in total. The Morgan fingerprint density at radius 1 is 1.46 bits per heavy atom. The van der Waals surface area contributed by atoms with Crippen LogP contribution in [0.25, 0.3) is 10.2 Å². The number of thiophene rings is 1. The molecule has 3 rings (SSSR count). The zero-order valence-corrected chi connectivity index (χ0v) is 16.6. The number of hydrogen-bond donors (Lipinski definition) is 1. The molecule has 1 amide bonds. The van der Waals surface area contributed by atoms with Gasteiger partial charge in [0.05, 0.1) is 16.1 Å². The lowest BCUT2D eigenvalue weighted by Gasteiger charge is -2.10. The van der Waals surface area contributed by atoms with Crippen molar-refractivity contribution in [1.82, 2.24) is 9.55 Å². The number of nitro groups is 1. The van der Waals surface area contributed by atoms with Gasteiger partial charge >= 0.3 is 0 Å². The summed E-state index contributed by atoms with van der Waals surface area (Å²) in [6.45, 7) is 3.90. The highest BCUT2D eigenvalue weighted by Crippen LogP contribution is 2.28. The van der Waals surface area contributed by atoms with Crippen molar-refractivity contribution in [3.63, 3.8) is 0 Å². The van der Waals surface area contributed by atoms with E-state index in [0.29, 0.717) is 15.4 Å². The average Bonchev–Trinajstić information content (AvgIpc) is 3.13. The first-order valence-corrected chi connectivity index (χ1v) is 10.1. The number of rotatable bonds is 7. The molecule has 0 spiro atoms. The predicted molar refractivity (Wildman–Crippen MR) is 112 cm³/mol. The summed E-state index contributed by atoms with van der Waals surface area (Å²) in [5.74, 6) is -0.554. The largest absolute Gasteiger partial charge is 0.320 e. The number of fused-ring (bicyclic) bond motifs is 1. The molecule has 0 unspecified atom stereocenters. The number of hydrogen-bond acceptors (Lipinski definition) is 7. The summed E-state index contributed by atoms with van der Waals surface area (Å²) < 4.78 is 1.44. The molecule has 2 aromatic heterocycles. The number of nitrogens with zero attached hydrogens (tertiary/aromatic N) is 3. The standard InChI is InChI=1S/C17H13ClN4O4S2/c1-2-6-21-16(24)11-5-7-27-15(11)20-17(21)28-9-14(23)19-12-4-3-10(18)8-13(12)22(25)26/h2-5,7-8H,1,6,9H2,(H,19,23). The van der Waals surface area contributed by atoms with E-state index in [-0.39, 0.29) is 34.3 Å².